The largest absolute Gasteiger partial charge is 0.504 e. The first kappa shape index (κ1) is 10.4. The van der Waals surface area contributed by atoms with Gasteiger partial charge in [-0.15, -0.1) is 0 Å². The lowest BCUT2D eigenvalue weighted by atomic mass is 10.2. The number of phenolic OH excluding ortho intramolecular Hbond substituents is 1. The Hall–Kier alpha value is -2.17. The molecular weight excluding hydrogens is 212 g/mol. The van der Waals surface area contributed by atoms with E-state index in [9.17, 15) is 9.90 Å². The van der Waals surface area contributed by atoms with Crippen LogP contribution in [0, 0.1) is 0 Å². The molecule has 0 unspecified atom stereocenters. The highest BCUT2D eigenvalue weighted by molar-refractivity contribution is 5.90. The van der Waals surface area contributed by atoms with Crippen LogP contribution < -0.4 is 15.1 Å². The molecule has 5 nitrogen and oxygen atoms in total. The molecule has 0 amide bonds. The fourth-order valence-electron chi connectivity index (χ4n) is 1.48. The molecule has 1 aromatic heterocycles. The molecule has 0 aliphatic heterocycles. The van der Waals surface area contributed by atoms with Gasteiger partial charge in [0.1, 0.15) is 0 Å². The van der Waals surface area contributed by atoms with Crippen LogP contribution in [0.25, 0.3) is 11.0 Å². The first-order valence-electron chi connectivity index (χ1n) is 4.55. The number of aromatic hydroxyl groups is 1. The van der Waals surface area contributed by atoms with E-state index in [0.29, 0.717) is 11.1 Å². The van der Waals surface area contributed by atoms with Gasteiger partial charge < -0.3 is 19.0 Å². The highest BCUT2D eigenvalue weighted by atomic mass is 16.5. The number of phenols is 1. The Kier molecular flexibility index (Phi) is 2.44. The SMILES string of the molecule is COc1cc(OC)c2oc(=O)ccc2c1O. The Morgan fingerprint density at radius 3 is 2.50 bits per heavy atom. The predicted octanol–water partition coefficient (Wildman–Crippen LogP) is 1.52. The summed E-state index contributed by atoms with van der Waals surface area (Å²) >= 11 is 0. The number of hydrogen-bond donors (Lipinski definition) is 1. The Morgan fingerprint density at radius 1 is 1.19 bits per heavy atom. The molecule has 0 aliphatic carbocycles. The van der Waals surface area contributed by atoms with Gasteiger partial charge in [0.05, 0.1) is 19.6 Å². The van der Waals surface area contributed by atoms with E-state index < -0.39 is 5.63 Å². The van der Waals surface area contributed by atoms with Crippen LogP contribution in [0.15, 0.2) is 27.4 Å². The second-order valence-electron chi connectivity index (χ2n) is 3.13. The topological polar surface area (TPSA) is 68.9 Å². The Labute approximate surface area is 90.8 Å². The third-order valence-corrected chi connectivity index (χ3v) is 2.25. The molecule has 0 fully saturated rings. The van der Waals surface area contributed by atoms with Crippen molar-refractivity contribution in [2.24, 2.45) is 0 Å². The maximum absolute atomic E-state index is 11.1. The van der Waals surface area contributed by atoms with E-state index in [-0.39, 0.29) is 17.1 Å². The first-order chi connectivity index (χ1) is 7.67. The number of fused-ring (bicyclic) bond motifs is 1. The molecule has 0 aliphatic rings. The fourth-order valence-corrected chi connectivity index (χ4v) is 1.48. The molecule has 5 heteroatoms. The van der Waals surface area contributed by atoms with Crippen molar-refractivity contribution in [3.63, 3.8) is 0 Å². The van der Waals surface area contributed by atoms with E-state index in [1.165, 1.54) is 32.4 Å². The van der Waals surface area contributed by atoms with Crippen LogP contribution >= 0.6 is 0 Å². The molecule has 16 heavy (non-hydrogen) atoms. The monoisotopic (exact) mass is 222 g/mol. The van der Waals surface area contributed by atoms with Crippen molar-refractivity contribution in [1.29, 1.82) is 0 Å². The summed E-state index contributed by atoms with van der Waals surface area (Å²) in [6, 6.07) is 4.14. The zero-order valence-electron chi connectivity index (χ0n) is 8.81. The average Bonchev–Trinajstić information content (AvgIpc) is 2.29. The Bertz CT molecular complexity index is 585. The standard InChI is InChI=1S/C11H10O5/c1-14-7-5-8(15-2)11-6(10(7)13)3-4-9(12)16-11/h3-5,13H,1-2H3. The molecule has 0 spiro atoms. The molecule has 0 radical (unpaired) electrons. The molecule has 0 bridgehead atoms. The number of benzene rings is 1. The van der Waals surface area contributed by atoms with Crippen LogP contribution in [0.3, 0.4) is 0 Å². The van der Waals surface area contributed by atoms with Crippen LogP contribution in [-0.4, -0.2) is 19.3 Å². The zero-order valence-corrected chi connectivity index (χ0v) is 8.81. The summed E-state index contributed by atoms with van der Waals surface area (Å²) in [4.78, 5) is 11.1. The van der Waals surface area contributed by atoms with E-state index in [2.05, 4.69) is 0 Å². The van der Waals surface area contributed by atoms with Crippen molar-refractivity contribution in [1.82, 2.24) is 0 Å². The number of ether oxygens (including phenoxy) is 2. The molecule has 0 saturated heterocycles. The minimum Gasteiger partial charge on any atom is -0.504 e. The summed E-state index contributed by atoms with van der Waals surface area (Å²) in [5.41, 5.74) is -0.302. The maximum atomic E-state index is 11.1. The minimum atomic E-state index is -0.504. The predicted molar refractivity (Wildman–Crippen MR) is 57.3 cm³/mol. The third kappa shape index (κ3) is 1.46. The summed E-state index contributed by atoms with van der Waals surface area (Å²) < 4.78 is 15.0. The molecule has 84 valence electrons. The third-order valence-electron chi connectivity index (χ3n) is 2.25. The lowest BCUT2D eigenvalue weighted by Crippen LogP contribution is -1.97. The van der Waals surface area contributed by atoms with Crippen molar-refractivity contribution < 1.29 is 19.0 Å². The fraction of sp³-hybridized carbons (Fsp3) is 0.182. The van der Waals surface area contributed by atoms with Crippen LogP contribution in [0.2, 0.25) is 0 Å². The van der Waals surface area contributed by atoms with Gasteiger partial charge in [0, 0.05) is 12.1 Å². The summed E-state index contributed by atoms with van der Waals surface area (Å²) in [5, 5.41) is 10.2. The van der Waals surface area contributed by atoms with E-state index in [1.54, 1.807) is 0 Å². The van der Waals surface area contributed by atoms with Gasteiger partial charge in [0.15, 0.2) is 22.8 Å². The summed E-state index contributed by atoms with van der Waals surface area (Å²) in [6.45, 7) is 0. The van der Waals surface area contributed by atoms with Crippen molar-refractivity contribution in [2.75, 3.05) is 14.2 Å². The summed E-state index contributed by atoms with van der Waals surface area (Å²) in [6.07, 6.45) is 0. The minimum absolute atomic E-state index is 0.0814. The van der Waals surface area contributed by atoms with Gasteiger partial charge in [0.25, 0.3) is 0 Å². The van der Waals surface area contributed by atoms with E-state index in [4.69, 9.17) is 13.9 Å². The van der Waals surface area contributed by atoms with Gasteiger partial charge in [-0.2, -0.15) is 0 Å². The molecule has 0 saturated carbocycles. The van der Waals surface area contributed by atoms with Crippen molar-refractivity contribution in [3.8, 4) is 17.2 Å². The molecule has 2 rings (SSSR count). The molecular formula is C11H10O5. The maximum Gasteiger partial charge on any atom is 0.336 e. The van der Waals surface area contributed by atoms with Crippen molar-refractivity contribution in [2.45, 2.75) is 0 Å². The van der Waals surface area contributed by atoms with Gasteiger partial charge in [-0.25, -0.2) is 4.79 Å². The van der Waals surface area contributed by atoms with Crippen LogP contribution in [-0.2, 0) is 0 Å². The van der Waals surface area contributed by atoms with Gasteiger partial charge in [-0.1, -0.05) is 0 Å². The second kappa shape index (κ2) is 3.77. The molecule has 1 heterocycles. The van der Waals surface area contributed by atoms with Gasteiger partial charge in [-0.3, -0.25) is 0 Å². The van der Waals surface area contributed by atoms with Crippen LogP contribution in [0.5, 0.6) is 17.2 Å². The number of rotatable bonds is 2. The lowest BCUT2D eigenvalue weighted by molar-refractivity contribution is 0.365. The van der Waals surface area contributed by atoms with Crippen LogP contribution in [0.1, 0.15) is 0 Å². The molecule has 2 aromatic rings. The molecule has 0 atom stereocenters. The average molecular weight is 222 g/mol. The number of methoxy groups -OCH3 is 2. The Morgan fingerprint density at radius 2 is 1.88 bits per heavy atom. The van der Waals surface area contributed by atoms with Crippen LogP contribution in [0.4, 0.5) is 0 Å². The highest BCUT2D eigenvalue weighted by Crippen LogP contribution is 2.39. The molecule has 1 N–H and O–H groups in total. The normalized spacial score (nSPS) is 10.4. The summed E-state index contributed by atoms with van der Waals surface area (Å²) in [5.74, 6) is 0.516. The number of hydrogen-bond acceptors (Lipinski definition) is 5. The quantitative estimate of drug-likeness (QED) is 0.780. The van der Waals surface area contributed by atoms with E-state index in [1.807, 2.05) is 0 Å². The van der Waals surface area contributed by atoms with Gasteiger partial charge in [0.2, 0.25) is 0 Å². The van der Waals surface area contributed by atoms with Crippen molar-refractivity contribution in [3.05, 3.63) is 28.6 Å². The smallest absolute Gasteiger partial charge is 0.336 e. The summed E-state index contributed by atoms with van der Waals surface area (Å²) in [7, 11) is 2.87. The van der Waals surface area contributed by atoms with E-state index in [0.717, 1.165) is 0 Å². The van der Waals surface area contributed by atoms with E-state index >= 15 is 0 Å². The lowest BCUT2D eigenvalue weighted by Gasteiger charge is -2.09. The van der Waals surface area contributed by atoms with Crippen molar-refractivity contribution >= 4 is 11.0 Å². The highest BCUT2D eigenvalue weighted by Gasteiger charge is 2.14. The second-order valence-corrected chi connectivity index (χ2v) is 3.13. The van der Waals surface area contributed by atoms with Gasteiger partial charge in [-0.05, 0) is 6.07 Å². The zero-order chi connectivity index (χ0) is 11.7. The first-order valence-corrected chi connectivity index (χ1v) is 4.55. The molecule has 1 aromatic carbocycles. The van der Waals surface area contributed by atoms with Gasteiger partial charge >= 0.3 is 5.63 Å². The Balaban J connectivity index is 2.90.